The molecule has 1 aromatic carbocycles. The Morgan fingerprint density at radius 1 is 1.22 bits per heavy atom. The molecule has 11 heteroatoms. The second-order valence-corrected chi connectivity index (χ2v) is 9.49. The summed E-state index contributed by atoms with van der Waals surface area (Å²) in [5, 5.41) is 2.59. The molecule has 7 nitrogen and oxygen atoms in total. The van der Waals surface area contributed by atoms with Crippen molar-refractivity contribution < 1.29 is 27.2 Å². The lowest BCUT2D eigenvalue weighted by Crippen LogP contribution is -2.57. The molecule has 1 unspecified atom stereocenters. The highest BCUT2D eigenvalue weighted by Gasteiger charge is 2.41. The van der Waals surface area contributed by atoms with Gasteiger partial charge in [-0.2, -0.15) is 4.39 Å². The second kappa shape index (κ2) is 9.13. The summed E-state index contributed by atoms with van der Waals surface area (Å²) in [4.78, 5) is 37.6. The first kappa shape index (κ1) is 24.7. The van der Waals surface area contributed by atoms with Gasteiger partial charge in [0, 0.05) is 29.1 Å². The Kier molecular flexibility index (Phi) is 6.09. The molecule has 0 aliphatic carbocycles. The number of carbonyl (C=O) groups is 2. The predicted octanol–water partition coefficient (Wildman–Crippen LogP) is 4.86. The summed E-state index contributed by atoms with van der Waals surface area (Å²) in [6, 6.07) is 9.77. The summed E-state index contributed by atoms with van der Waals surface area (Å²) >= 11 is 0. The van der Waals surface area contributed by atoms with E-state index < -0.39 is 42.3 Å². The lowest BCUT2D eigenvalue weighted by Gasteiger charge is -2.43. The number of alkyl halides is 3. The normalized spacial score (nSPS) is 18.1. The van der Waals surface area contributed by atoms with Crippen LogP contribution in [0.15, 0.2) is 48.7 Å². The van der Waals surface area contributed by atoms with Crippen LogP contribution >= 0.6 is 0 Å². The zero-order chi connectivity index (χ0) is 26.5. The quantitative estimate of drug-likeness (QED) is 0.390. The molecular weight excluding hydrogens is 490 g/mol. The zero-order valence-electron chi connectivity index (χ0n) is 20.0. The highest BCUT2D eigenvalue weighted by Crippen LogP contribution is 2.43. The number of halogens is 4. The van der Waals surface area contributed by atoms with E-state index in [0.29, 0.717) is 11.3 Å². The lowest BCUT2D eigenvalue weighted by atomic mass is 9.97. The van der Waals surface area contributed by atoms with Gasteiger partial charge >= 0.3 is 0 Å². The predicted molar refractivity (Wildman–Crippen MR) is 130 cm³/mol. The van der Waals surface area contributed by atoms with Crippen LogP contribution < -0.4 is 15.1 Å². The summed E-state index contributed by atoms with van der Waals surface area (Å²) in [7, 11) is 0. The van der Waals surface area contributed by atoms with Crippen molar-refractivity contribution in [2.24, 2.45) is 0 Å². The number of hydrogen-bond acceptors (Lipinski definition) is 5. The van der Waals surface area contributed by atoms with Crippen molar-refractivity contribution in [1.29, 1.82) is 0 Å². The molecule has 37 heavy (non-hydrogen) atoms. The van der Waals surface area contributed by atoms with Crippen LogP contribution in [0.4, 0.5) is 34.8 Å². The third-order valence-electron chi connectivity index (χ3n) is 6.50. The fraction of sp³-hybridized carbons (Fsp3) is 0.308. The maximum atomic E-state index is 15.6. The average molecular weight is 513 g/mol. The molecule has 3 aromatic rings. The maximum absolute atomic E-state index is 15.6. The van der Waals surface area contributed by atoms with Crippen LogP contribution in [-0.4, -0.2) is 47.1 Å². The van der Waals surface area contributed by atoms with Crippen LogP contribution in [0.5, 0.6) is 0 Å². The Labute approximate surface area is 210 Å². The highest BCUT2D eigenvalue weighted by molar-refractivity contribution is 6.09. The van der Waals surface area contributed by atoms with Crippen molar-refractivity contribution in [3.8, 4) is 11.1 Å². The van der Waals surface area contributed by atoms with Crippen LogP contribution in [-0.2, 0) is 9.59 Å². The van der Waals surface area contributed by atoms with Crippen molar-refractivity contribution >= 4 is 29.0 Å². The summed E-state index contributed by atoms with van der Waals surface area (Å²) in [5.41, 5.74) is -0.527. The smallest absolute Gasteiger partial charge is 0.263 e. The minimum Gasteiger partial charge on any atom is -0.350 e. The summed E-state index contributed by atoms with van der Waals surface area (Å²) in [6.07, 6.45) is -1.15. The fourth-order valence-electron chi connectivity index (χ4n) is 4.69. The van der Waals surface area contributed by atoms with Gasteiger partial charge in [0.05, 0.1) is 36.0 Å². The molecule has 0 radical (unpaired) electrons. The summed E-state index contributed by atoms with van der Waals surface area (Å²) in [6.45, 7) is 2.58. The number of rotatable bonds is 5. The van der Waals surface area contributed by atoms with Gasteiger partial charge in [-0.25, -0.2) is 18.2 Å². The first-order valence-corrected chi connectivity index (χ1v) is 11.6. The van der Waals surface area contributed by atoms with Gasteiger partial charge in [0.25, 0.3) is 6.43 Å². The van der Waals surface area contributed by atoms with Crippen molar-refractivity contribution in [3.63, 3.8) is 0 Å². The van der Waals surface area contributed by atoms with Gasteiger partial charge in [0.1, 0.15) is 18.0 Å². The molecular formula is C26H23F4N5O2. The number of fused-ring (bicyclic) bond motifs is 3. The van der Waals surface area contributed by atoms with Crippen LogP contribution in [0.25, 0.3) is 11.1 Å². The number of carbonyl (C=O) groups excluding carboxylic acids is 2. The molecule has 4 heterocycles. The molecule has 0 spiro atoms. The number of amides is 2. The van der Waals surface area contributed by atoms with Crippen LogP contribution in [0, 0.1) is 5.95 Å². The molecule has 2 aliphatic heterocycles. The topological polar surface area (TPSA) is 78.4 Å². The third-order valence-corrected chi connectivity index (χ3v) is 6.50. The van der Waals surface area contributed by atoms with Crippen LogP contribution in [0.2, 0.25) is 0 Å². The third kappa shape index (κ3) is 4.61. The molecule has 2 aliphatic rings. The molecule has 2 aromatic heterocycles. The van der Waals surface area contributed by atoms with E-state index in [-0.39, 0.29) is 41.4 Å². The summed E-state index contributed by atoms with van der Waals surface area (Å²) < 4.78 is 55.4. The number of anilines is 3. The molecule has 1 atom stereocenters. The molecule has 0 bridgehead atoms. The summed E-state index contributed by atoms with van der Waals surface area (Å²) in [5.74, 6) is -2.63. The van der Waals surface area contributed by atoms with E-state index in [2.05, 4.69) is 15.3 Å². The Morgan fingerprint density at radius 2 is 1.92 bits per heavy atom. The van der Waals surface area contributed by atoms with Gasteiger partial charge in [-0.15, -0.1) is 0 Å². The van der Waals surface area contributed by atoms with E-state index in [1.807, 2.05) is 0 Å². The van der Waals surface area contributed by atoms with Crippen molar-refractivity contribution in [3.05, 3.63) is 65.9 Å². The first-order chi connectivity index (χ1) is 17.5. The molecule has 1 saturated heterocycles. The van der Waals surface area contributed by atoms with Gasteiger partial charge in [0.15, 0.2) is 0 Å². The Bertz CT molecular complexity index is 1370. The number of nitrogens with one attached hydrogen (secondary N) is 1. The number of pyridine rings is 2. The molecule has 192 valence electrons. The Hall–Kier alpha value is -4.02. The zero-order valence-corrected chi connectivity index (χ0v) is 20.0. The minimum absolute atomic E-state index is 0.00974. The van der Waals surface area contributed by atoms with Gasteiger partial charge < -0.3 is 15.1 Å². The maximum Gasteiger partial charge on any atom is 0.263 e. The van der Waals surface area contributed by atoms with Crippen LogP contribution in [0.3, 0.4) is 0 Å². The number of benzene rings is 1. The van der Waals surface area contributed by atoms with Gasteiger partial charge in [0.2, 0.25) is 17.8 Å². The lowest BCUT2D eigenvalue weighted by molar-refractivity contribution is -0.122. The van der Waals surface area contributed by atoms with Gasteiger partial charge in [-0.3, -0.25) is 14.6 Å². The van der Waals surface area contributed by atoms with Crippen molar-refractivity contribution in [2.75, 3.05) is 34.8 Å². The van der Waals surface area contributed by atoms with Gasteiger partial charge in [-0.05, 0) is 32.0 Å². The van der Waals surface area contributed by atoms with E-state index in [1.54, 1.807) is 24.0 Å². The highest BCUT2D eigenvalue weighted by atomic mass is 19.3. The second-order valence-electron chi connectivity index (χ2n) is 9.49. The van der Waals surface area contributed by atoms with Gasteiger partial charge in [-0.1, -0.05) is 18.2 Å². The van der Waals surface area contributed by atoms with Crippen LogP contribution in [0.1, 0.15) is 37.4 Å². The van der Waals surface area contributed by atoms with E-state index in [4.69, 9.17) is 0 Å². The molecule has 1 N–H and O–H groups in total. The molecule has 2 amide bonds. The van der Waals surface area contributed by atoms with Crippen molar-refractivity contribution in [1.82, 2.24) is 9.97 Å². The standard InChI is InChI=1S/C26H23F4N5O2/c1-14-22-17(4-3-9-31-22)21-18(10-19(33-24(21)29)34-12-26(2,30)13-34)35(25(14)37)11-20(36)32-16-7-5-15(6-8-16)23(27)28/h3-10,14,23H,11-13H2,1-2H3,(H,32,36). The SMILES string of the molecule is CC1C(=O)N(CC(=O)Nc2ccc(C(F)F)cc2)c2cc(N3CC(C)(F)C3)nc(F)c2-c2cccnc21. The van der Waals surface area contributed by atoms with E-state index in [0.717, 1.165) is 4.90 Å². The number of hydrogen-bond donors (Lipinski definition) is 1. The van der Waals surface area contributed by atoms with E-state index in [1.165, 1.54) is 43.5 Å². The van der Waals surface area contributed by atoms with E-state index in [9.17, 15) is 22.8 Å². The minimum atomic E-state index is -2.65. The van der Waals surface area contributed by atoms with Crippen molar-refractivity contribution in [2.45, 2.75) is 31.9 Å². The monoisotopic (exact) mass is 513 g/mol. The largest absolute Gasteiger partial charge is 0.350 e. The average Bonchev–Trinajstić information content (AvgIpc) is 2.92. The molecule has 1 fully saturated rings. The fourth-order valence-corrected chi connectivity index (χ4v) is 4.69. The molecule has 0 saturated carbocycles. The van der Waals surface area contributed by atoms with E-state index >= 15 is 4.39 Å². The Morgan fingerprint density at radius 3 is 2.57 bits per heavy atom. The number of aromatic nitrogens is 2. The molecule has 5 rings (SSSR count). The Balaban J connectivity index is 1.52. The first-order valence-electron chi connectivity index (χ1n) is 11.6. The number of nitrogens with zero attached hydrogens (tertiary/aromatic N) is 4.